The average Bonchev–Trinajstić information content (AvgIpc) is 3.35. The van der Waals surface area contributed by atoms with E-state index in [1.807, 2.05) is 23.5 Å². The van der Waals surface area contributed by atoms with Gasteiger partial charge in [0.15, 0.2) is 0 Å². The minimum absolute atomic E-state index is 0.712. The summed E-state index contributed by atoms with van der Waals surface area (Å²) in [5.41, 5.74) is 0. The number of rotatable bonds is 17. The maximum absolute atomic E-state index is 2.60. The Bertz CT molecular complexity index is 654. The van der Waals surface area contributed by atoms with Crippen molar-refractivity contribution < 1.29 is 0 Å². The Hall–Kier alpha value is 2.08. The minimum Gasteiger partial charge on any atom is -0.0837 e. The van der Waals surface area contributed by atoms with E-state index in [0.717, 1.165) is 0 Å². The SMILES string of the molecule is CCCCCCCCCCC1=C(I)S/C(=C2/SC(I)=C(C(C)CCCCCCCC)S2)S1. The first kappa shape index (κ1) is 30.3. The molecule has 0 aromatic heterocycles. The predicted octanol–water partition coefficient (Wildman–Crippen LogP) is 13.2. The van der Waals surface area contributed by atoms with Crippen LogP contribution in [-0.4, -0.2) is 0 Å². The highest BCUT2D eigenvalue weighted by Crippen LogP contribution is 2.63. The Morgan fingerprint density at radius 1 is 0.594 bits per heavy atom. The molecule has 6 heteroatoms. The lowest BCUT2D eigenvalue weighted by Gasteiger charge is -2.12. The third kappa shape index (κ3) is 11.4. The molecule has 1 unspecified atom stereocenters. The molecule has 2 aliphatic rings. The van der Waals surface area contributed by atoms with Crippen LogP contribution in [0.5, 0.6) is 0 Å². The van der Waals surface area contributed by atoms with Gasteiger partial charge in [0.05, 0.1) is 14.3 Å². The fourth-order valence-corrected chi connectivity index (χ4v) is 12.9. The van der Waals surface area contributed by atoms with E-state index < -0.39 is 0 Å². The summed E-state index contributed by atoms with van der Waals surface area (Å²) in [7, 11) is 0. The van der Waals surface area contributed by atoms with E-state index in [9.17, 15) is 0 Å². The van der Waals surface area contributed by atoms with Crippen LogP contribution in [0.2, 0.25) is 0 Å². The largest absolute Gasteiger partial charge is 0.0837 e. The molecule has 0 fully saturated rings. The molecule has 2 rings (SSSR count). The maximum atomic E-state index is 2.60. The number of unbranched alkanes of at least 4 members (excludes halogenated alkanes) is 12. The molecule has 0 aromatic carbocycles. The van der Waals surface area contributed by atoms with Crippen molar-refractivity contribution in [3.8, 4) is 0 Å². The zero-order valence-electron chi connectivity index (χ0n) is 20.3. The van der Waals surface area contributed by atoms with Gasteiger partial charge in [-0.15, -0.1) is 0 Å². The normalized spacial score (nSPS) is 20.2. The summed E-state index contributed by atoms with van der Waals surface area (Å²) in [5.74, 6) is 0.712. The van der Waals surface area contributed by atoms with Gasteiger partial charge >= 0.3 is 0 Å². The zero-order chi connectivity index (χ0) is 23.2. The summed E-state index contributed by atoms with van der Waals surface area (Å²) in [6.07, 6.45) is 22.3. The molecular formula is C26H42I2S4. The van der Waals surface area contributed by atoms with Crippen molar-refractivity contribution in [1.82, 2.24) is 0 Å². The van der Waals surface area contributed by atoms with Crippen LogP contribution in [0.25, 0.3) is 0 Å². The number of hydrogen-bond acceptors (Lipinski definition) is 4. The third-order valence-electron chi connectivity index (χ3n) is 6.06. The van der Waals surface area contributed by atoms with Crippen LogP contribution in [-0.2, 0) is 0 Å². The van der Waals surface area contributed by atoms with Gasteiger partial charge in [-0.3, -0.25) is 0 Å². The molecule has 184 valence electrons. The van der Waals surface area contributed by atoms with Crippen LogP contribution in [0.15, 0.2) is 24.1 Å². The summed E-state index contributed by atoms with van der Waals surface area (Å²) in [5, 5.41) is 0. The van der Waals surface area contributed by atoms with E-state index in [1.165, 1.54) is 109 Å². The molecule has 2 aliphatic heterocycles. The Morgan fingerprint density at radius 2 is 1.09 bits per heavy atom. The van der Waals surface area contributed by atoms with E-state index >= 15 is 0 Å². The molecule has 2 heterocycles. The van der Waals surface area contributed by atoms with Crippen LogP contribution >= 0.6 is 92.2 Å². The van der Waals surface area contributed by atoms with Crippen molar-refractivity contribution in [2.75, 3.05) is 0 Å². The minimum atomic E-state index is 0.712. The van der Waals surface area contributed by atoms with Crippen LogP contribution < -0.4 is 0 Å². The first-order chi connectivity index (χ1) is 15.6. The number of hydrogen-bond donors (Lipinski definition) is 0. The average molecular weight is 737 g/mol. The van der Waals surface area contributed by atoms with Crippen LogP contribution in [0.1, 0.15) is 124 Å². The maximum Gasteiger partial charge on any atom is 0.0708 e. The van der Waals surface area contributed by atoms with Gasteiger partial charge in [0, 0.05) is 9.81 Å². The standard InChI is InChI=1S/C26H42I2S4/c1-4-6-8-10-12-13-15-17-19-21-23(27)31-25(29-21)26-30-22(24(28)32-26)20(3)18-16-14-11-9-7-5-2/h20H,4-19H2,1-3H3/b26-25+. The third-order valence-corrected chi connectivity index (χ3v) is 15.0. The van der Waals surface area contributed by atoms with Crippen molar-refractivity contribution in [2.24, 2.45) is 5.92 Å². The molecule has 0 amide bonds. The van der Waals surface area contributed by atoms with Crippen molar-refractivity contribution in [2.45, 2.75) is 124 Å². The van der Waals surface area contributed by atoms with Gasteiger partial charge in [0.2, 0.25) is 0 Å². The molecule has 32 heavy (non-hydrogen) atoms. The zero-order valence-corrected chi connectivity index (χ0v) is 27.9. The second-order valence-electron chi connectivity index (χ2n) is 9.00. The Balaban J connectivity index is 1.69. The highest BCUT2D eigenvalue weighted by atomic mass is 127. The first-order valence-corrected chi connectivity index (χ1v) is 18.2. The number of thioether (sulfide) groups is 4. The van der Waals surface area contributed by atoms with Gasteiger partial charge in [-0.1, -0.05) is 151 Å². The van der Waals surface area contributed by atoms with Crippen LogP contribution in [0, 0.1) is 5.92 Å². The molecular weight excluding hydrogens is 694 g/mol. The quantitative estimate of drug-likeness (QED) is 0.108. The van der Waals surface area contributed by atoms with Crippen LogP contribution in [0.4, 0.5) is 0 Å². The fraction of sp³-hybridized carbons (Fsp3) is 0.769. The number of allylic oxidation sites excluding steroid dienone is 2. The Morgan fingerprint density at radius 3 is 1.72 bits per heavy atom. The highest BCUT2D eigenvalue weighted by Gasteiger charge is 2.30. The Kier molecular flexibility index (Phi) is 17.4. The second-order valence-corrected chi connectivity index (χ2v) is 17.3. The van der Waals surface area contributed by atoms with Gasteiger partial charge in [0.25, 0.3) is 0 Å². The molecule has 0 aromatic rings. The summed E-state index contributed by atoms with van der Waals surface area (Å²) >= 11 is 13.4. The molecule has 0 spiro atoms. The highest BCUT2D eigenvalue weighted by molar-refractivity contribution is 14.1. The molecule has 0 saturated heterocycles. The van der Waals surface area contributed by atoms with Gasteiger partial charge in [-0.25, -0.2) is 0 Å². The molecule has 0 bridgehead atoms. The molecule has 0 saturated carbocycles. The first-order valence-electron chi connectivity index (χ1n) is 12.8. The lowest BCUT2D eigenvalue weighted by molar-refractivity contribution is 0.540. The van der Waals surface area contributed by atoms with Crippen molar-refractivity contribution in [1.29, 1.82) is 0 Å². The van der Waals surface area contributed by atoms with E-state index in [0.29, 0.717) is 5.92 Å². The van der Waals surface area contributed by atoms with Crippen molar-refractivity contribution in [3.05, 3.63) is 24.1 Å². The van der Waals surface area contributed by atoms with E-state index in [1.54, 1.807) is 18.3 Å². The Labute approximate surface area is 243 Å². The fourth-order valence-electron chi connectivity index (χ4n) is 4.00. The summed E-state index contributed by atoms with van der Waals surface area (Å²) in [6, 6.07) is 0. The smallest absolute Gasteiger partial charge is 0.0708 e. The predicted molar refractivity (Wildman–Crippen MR) is 174 cm³/mol. The van der Waals surface area contributed by atoms with Gasteiger partial charge in [0.1, 0.15) is 0 Å². The second kappa shape index (κ2) is 18.3. The van der Waals surface area contributed by atoms with E-state index in [4.69, 9.17) is 0 Å². The monoisotopic (exact) mass is 736 g/mol. The van der Waals surface area contributed by atoms with Crippen LogP contribution in [0.3, 0.4) is 0 Å². The van der Waals surface area contributed by atoms with E-state index in [-0.39, 0.29) is 0 Å². The molecule has 1 atom stereocenters. The lowest BCUT2D eigenvalue weighted by Crippen LogP contribution is -1.96. The van der Waals surface area contributed by atoms with E-state index in [2.05, 4.69) is 89.5 Å². The van der Waals surface area contributed by atoms with Gasteiger partial charge in [-0.05, 0) is 70.4 Å². The summed E-state index contributed by atoms with van der Waals surface area (Å²) < 4.78 is 6.16. The van der Waals surface area contributed by atoms with Crippen molar-refractivity contribution >= 4 is 92.2 Å². The summed E-state index contributed by atoms with van der Waals surface area (Å²) in [6.45, 7) is 7.05. The van der Waals surface area contributed by atoms with Gasteiger partial charge < -0.3 is 0 Å². The molecule has 0 aliphatic carbocycles. The molecule has 0 N–H and O–H groups in total. The van der Waals surface area contributed by atoms with Crippen molar-refractivity contribution in [3.63, 3.8) is 0 Å². The topological polar surface area (TPSA) is 0 Å². The lowest BCUT2D eigenvalue weighted by atomic mass is 10.0. The van der Waals surface area contributed by atoms with Gasteiger partial charge in [-0.2, -0.15) is 0 Å². The number of halogens is 2. The summed E-state index contributed by atoms with van der Waals surface area (Å²) in [4.78, 5) is 3.27. The molecule has 0 nitrogen and oxygen atoms in total. The molecule has 0 radical (unpaired) electrons.